The first-order valence-electron chi connectivity index (χ1n) is 11.7. The Morgan fingerprint density at radius 1 is 1.11 bits per heavy atom. The molecule has 0 aliphatic heterocycles. The van der Waals surface area contributed by atoms with Gasteiger partial charge in [0, 0.05) is 18.7 Å². The van der Waals surface area contributed by atoms with E-state index in [4.69, 9.17) is 9.47 Å². The number of nitrogens with one attached hydrogen (secondary N) is 1. The Morgan fingerprint density at radius 3 is 2.49 bits per heavy atom. The molecular weight excluding hydrogens is 538 g/mol. The van der Waals surface area contributed by atoms with Crippen LogP contribution in [0.2, 0.25) is 0 Å². The molecule has 0 aromatic heterocycles. The number of hydrogen-bond donors (Lipinski definition) is 1. The Morgan fingerprint density at radius 2 is 1.84 bits per heavy atom. The van der Waals surface area contributed by atoms with Crippen LogP contribution in [-0.2, 0) is 17.8 Å². The number of nitro benzene ring substituents is 1. The lowest BCUT2D eigenvalue weighted by Crippen LogP contribution is -2.25. The fourth-order valence-electron chi connectivity index (χ4n) is 3.49. The van der Waals surface area contributed by atoms with Crippen molar-refractivity contribution in [1.82, 2.24) is 5.32 Å². The second-order valence-electron chi connectivity index (χ2n) is 7.99. The van der Waals surface area contributed by atoms with Gasteiger partial charge in [0.1, 0.15) is 18.2 Å². The summed E-state index contributed by atoms with van der Waals surface area (Å²) in [6.07, 6.45) is 3.09. The fourth-order valence-corrected chi connectivity index (χ4v) is 4.07. The number of non-ortho nitro benzene ring substituents is 1. The van der Waals surface area contributed by atoms with Crippen LogP contribution in [0.3, 0.4) is 0 Å². The van der Waals surface area contributed by atoms with Crippen molar-refractivity contribution < 1.29 is 19.2 Å². The van der Waals surface area contributed by atoms with E-state index in [1.807, 2.05) is 43.3 Å². The number of hydrogen-bond acceptors (Lipinski definition) is 6. The number of rotatable bonds is 12. The average molecular weight is 564 g/mol. The van der Waals surface area contributed by atoms with Gasteiger partial charge in [-0.05, 0) is 82.7 Å². The molecule has 0 aliphatic rings. The van der Waals surface area contributed by atoms with Crippen molar-refractivity contribution in [2.45, 2.75) is 26.4 Å². The van der Waals surface area contributed by atoms with E-state index in [9.17, 15) is 20.2 Å². The summed E-state index contributed by atoms with van der Waals surface area (Å²) in [6.45, 7) is 2.83. The summed E-state index contributed by atoms with van der Waals surface area (Å²) in [7, 11) is 0. The van der Waals surface area contributed by atoms with Gasteiger partial charge in [0.15, 0.2) is 11.5 Å². The third-order valence-corrected chi connectivity index (χ3v) is 5.90. The van der Waals surface area contributed by atoms with E-state index in [1.54, 1.807) is 24.3 Å². The van der Waals surface area contributed by atoms with Crippen LogP contribution in [-0.4, -0.2) is 24.0 Å². The summed E-state index contributed by atoms with van der Waals surface area (Å²) in [5.74, 6) is 0.440. The van der Waals surface area contributed by atoms with Gasteiger partial charge in [-0.3, -0.25) is 14.9 Å². The standard InChI is InChI=1S/C28H26BrN3O5/c1-2-36-26-17-22(15-23(18-30)28(33)31-14-6-9-20-7-4-3-5-8-20)16-25(29)27(26)37-19-21-10-12-24(13-11-21)32(34)35/h3-5,7-8,10-13,15-17H,2,6,9,14,19H2,1H3,(H,31,33)/b23-15-. The van der Waals surface area contributed by atoms with E-state index in [0.29, 0.717) is 34.7 Å². The van der Waals surface area contributed by atoms with Gasteiger partial charge in [-0.2, -0.15) is 5.26 Å². The molecular formula is C28H26BrN3O5. The molecule has 0 radical (unpaired) electrons. The van der Waals surface area contributed by atoms with Crippen LogP contribution in [0.15, 0.2) is 76.8 Å². The van der Waals surface area contributed by atoms with Gasteiger partial charge in [0.25, 0.3) is 11.6 Å². The van der Waals surface area contributed by atoms with Crippen LogP contribution in [0.4, 0.5) is 5.69 Å². The molecule has 3 aromatic carbocycles. The van der Waals surface area contributed by atoms with E-state index in [1.165, 1.54) is 23.8 Å². The molecule has 37 heavy (non-hydrogen) atoms. The Kier molecular flexibility index (Phi) is 10.2. The number of nitro groups is 1. The summed E-state index contributed by atoms with van der Waals surface area (Å²) in [4.78, 5) is 23.0. The molecule has 0 fully saturated rings. The highest BCUT2D eigenvalue weighted by atomic mass is 79.9. The van der Waals surface area contributed by atoms with Gasteiger partial charge in [0.05, 0.1) is 16.0 Å². The van der Waals surface area contributed by atoms with E-state index in [-0.39, 0.29) is 17.9 Å². The molecule has 3 aromatic rings. The molecule has 0 atom stereocenters. The lowest BCUT2D eigenvalue weighted by Gasteiger charge is -2.15. The van der Waals surface area contributed by atoms with E-state index >= 15 is 0 Å². The first-order chi connectivity index (χ1) is 17.9. The van der Waals surface area contributed by atoms with Crippen molar-refractivity contribution >= 4 is 33.6 Å². The highest BCUT2D eigenvalue weighted by Crippen LogP contribution is 2.38. The number of nitriles is 1. The molecule has 8 nitrogen and oxygen atoms in total. The minimum atomic E-state index is -0.457. The molecule has 190 valence electrons. The molecule has 1 N–H and O–H groups in total. The normalized spacial score (nSPS) is 10.9. The molecule has 0 spiro atoms. The highest BCUT2D eigenvalue weighted by Gasteiger charge is 2.15. The van der Waals surface area contributed by atoms with E-state index in [2.05, 4.69) is 21.2 Å². The summed E-state index contributed by atoms with van der Waals surface area (Å²) in [6, 6.07) is 21.5. The van der Waals surface area contributed by atoms with Gasteiger partial charge in [-0.15, -0.1) is 0 Å². The van der Waals surface area contributed by atoms with E-state index < -0.39 is 10.8 Å². The maximum Gasteiger partial charge on any atom is 0.269 e. The number of amides is 1. The fraction of sp³-hybridized carbons (Fsp3) is 0.214. The smallest absolute Gasteiger partial charge is 0.269 e. The maximum absolute atomic E-state index is 12.6. The first kappa shape index (κ1) is 27.4. The predicted molar refractivity (Wildman–Crippen MR) is 144 cm³/mol. The minimum absolute atomic E-state index is 0.00426. The van der Waals surface area contributed by atoms with Crippen LogP contribution < -0.4 is 14.8 Å². The molecule has 0 saturated heterocycles. The second-order valence-corrected chi connectivity index (χ2v) is 8.84. The summed E-state index contributed by atoms with van der Waals surface area (Å²) in [5, 5.41) is 23.2. The first-order valence-corrected chi connectivity index (χ1v) is 12.5. The SMILES string of the molecule is CCOc1cc(/C=C(/C#N)C(=O)NCCCc2ccccc2)cc(Br)c1OCc1ccc([N+](=O)[O-])cc1. The number of aryl methyl sites for hydroxylation is 1. The zero-order valence-corrected chi connectivity index (χ0v) is 21.9. The zero-order valence-electron chi connectivity index (χ0n) is 20.3. The summed E-state index contributed by atoms with van der Waals surface area (Å²) >= 11 is 3.49. The molecule has 1 amide bonds. The van der Waals surface area contributed by atoms with Crippen LogP contribution in [0, 0.1) is 21.4 Å². The van der Waals surface area contributed by atoms with Crippen molar-refractivity contribution in [3.05, 3.63) is 104 Å². The number of halogens is 1. The van der Waals surface area contributed by atoms with Crippen LogP contribution in [0.25, 0.3) is 6.08 Å². The monoisotopic (exact) mass is 563 g/mol. The number of ether oxygens (including phenoxy) is 2. The Labute approximate surface area is 223 Å². The Balaban J connectivity index is 1.68. The molecule has 3 rings (SSSR count). The third kappa shape index (κ3) is 8.19. The summed E-state index contributed by atoms with van der Waals surface area (Å²) < 4.78 is 12.2. The van der Waals surface area contributed by atoms with Gasteiger partial charge in [-0.1, -0.05) is 30.3 Å². The number of carbonyl (C=O) groups excluding carboxylic acids is 1. The number of nitrogens with zero attached hydrogens (tertiary/aromatic N) is 2. The molecule has 0 heterocycles. The largest absolute Gasteiger partial charge is 0.490 e. The lowest BCUT2D eigenvalue weighted by molar-refractivity contribution is -0.384. The van der Waals surface area contributed by atoms with Gasteiger partial charge < -0.3 is 14.8 Å². The van der Waals surface area contributed by atoms with Crippen LogP contribution in [0.1, 0.15) is 30.0 Å². The molecule has 9 heteroatoms. The Bertz CT molecular complexity index is 1300. The lowest BCUT2D eigenvalue weighted by atomic mass is 10.1. The second kappa shape index (κ2) is 13.8. The molecule has 0 bridgehead atoms. The summed E-state index contributed by atoms with van der Waals surface area (Å²) in [5.41, 5.74) is 2.52. The van der Waals surface area contributed by atoms with Gasteiger partial charge in [0.2, 0.25) is 0 Å². The molecule has 0 aliphatic carbocycles. The van der Waals surface area contributed by atoms with Gasteiger partial charge >= 0.3 is 0 Å². The Hall–Kier alpha value is -4.16. The zero-order chi connectivity index (χ0) is 26.6. The number of carbonyl (C=O) groups is 1. The van der Waals surface area contributed by atoms with E-state index in [0.717, 1.165) is 18.4 Å². The topological polar surface area (TPSA) is 114 Å². The van der Waals surface area contributed by atoms with Crippen molar-refractivity contribution in [2.24, 2.45) is 0 Å². The highest BCUT2D eigenvalue weighted by molar-refractivity contribution is 9.10. The number of benzene rings is 3. The van der Waals surface area contributed by atoms with Crippen molar-refractivity contribution in [1.29, 1.82) is 5.26 Å². The molecule has 0 unspecified atom stereocenters. The third-order valence-electron chi connectivity index (χ3n) is 5.31. The van der Waals surface area contributed by atoms with Crippen LogP contribution >= 0.6 is 15.9 Å². The van der Waals surface area contributed by atoms with Crippen molar-refractivity contribution in [3.63, 3.8) is 0 Å². The van der Waals surface area contributed by atoms with Crippen molar-refractivity contribution in [2.75, 3.05) is 13.2 Å². The van der Waals surface area contributed by atoms with Gasteiger partial charge in [-0.25, -0.2) is 0 Å². The quantitative estimate of drug-likeness (QED) is 0.0950. The average Bonchev–Trinajstić information content (AvgIpc) is 2.90. The van der Waals surface area contributed by atoms with Crippen molar-refractivity contribution in [3.8, 4) is 17.6 Å². The predicted octanol–water partition coefficient (Wildman–Crippen LogP) is 5.99. The maximum atomic E-state index is 12.6. The van der Waals surface area contributed by atoms with Crippen LogP contribution in [0.5, 0.6) is 11.5 Å². The minimum Gasteiger partial charge on any atom is -0.490 e. The molecule has 0 saturated carbocycles.